The topological polar surface area (TPSA) is 76.8 Å². The van der Waals surface area contributed by atoms with Gasteiger partial charge in [-0.15, -0.1) is 0 Å². The molecule has 7 heteroatoms. The zero-order valence-corrected chi connectivity index (χ0v) is 14.9. The van der Waals surface area contributed by atoms with Crippen LogP contribution in [0.2, 0.25) is 0 Å². The van der Waals surface area contributed by atoms with E-state index in [1.165, 1.54) is 0 Å². The predicted octanol–water partition coefficient (Wildman–Crippen LogP) is 3.06. The van der Waals surface area contributed by atoms with Crippen molar-refractivity contribution in [3.63, 3.8) is 0 Å². The van der Waals surface area contributed by atoms with Gasteiger partial charge >= 0.3 is 6.09 Å². The van der Waals surface area contributed by atoms with Crippen LogP contribution in [-0.4, -0.2) is 51.7 Å². The Bertz CT molecular complexity index is 773. The van der Waals surface area contributed by atoms with Crippen molar-refractivity contribution in [3.05, 3.63) is 30.6 Å². The van der Waals surface area contributed by atoms with Crippen molar-refractivity contribution >= 4 is 6.09 Å². The summed E-state index contributed by atoms with van der Waals surface area (Å²) in [6.07, 6.45) is 3.28. The number of carbonyl (C=O) groups is 1. The second-order valence-corrected chi connectivity index (χ2v) is 7.13. The molecule has 1 saturated heterocycles. The van der Waals surface area contributed by atoms with Crippen molar-refractivity contribution in [2.24, 2.45) is 0 Å². The molecule has 25 heavy (non-hydrogen) atoms. The normalized spacial score (nSPS) is 15.0. The molecule has 3 rings (SSSR count). The lowest BCUT2D eigenvalue weighted by molar-refractivity contribution is -0.000381. The van der Waals surface area contributed by atoms with E-state index in [0.29, 0.717) is 24.4 Å². The molecule has 2 heterocycles. The molecule has 1 amide bonds. The van der Waals surface area contributed by atoms with Crippen LogP contribution in [0, 0.1) is 0 Å². The lowest BCUT2D eigenvalue weighted by Gasteiger charge is -2.39. The maximum absolute atomic E-state index is 12.0. The number of hydrogen-bond acceptors (Lipinski definition) is 5. The lowest BCUT2D eigenvalue weighted by Crippen LogP contribution is -2.52. The van der Waals surface area contributed by atoms with E-state index in [2.05, 4.69) is 5.10 Å². The Kier molecular flexibility index (Phi) is 4.32. The highest BCUT2D eigenvalue weighted by Gasteiger charge is 2.35. The molecule has 1 aromatic heterocycles. The maximum Gasteiger partial charge on any atom is 0.410 e. The van der Waals surface area contributed by atoms with Gasteiger partial charge in [0.15, 0.2) is 0 Å². The molecule has 1 aliphatic heterocycles. The molecule has 2 aromatic rings. The number of aromatic nitrogens is 2. The van der Waals surface area contributed by atoms with Crippen molar-refractivity contribution in [3.8, 4) is 22.6 Å². The first-order valence-electron chi connectivity index (χ1n) is 8.16. The van der Waals surface area contributed by atoms with E-state index in [4.69, 9.17) is 9.47 Å². The number of phenols is 1. The summed E-state index contributed by atoms with van der Waals surface area (Å²) < 4.78 is 12.3. The van der Waals surface area contributed by atoms with Crippen LogP contribution in [0.1, 0.15) is 26.8 Å². The minimum absolute atomic E-state index is 0.113. The molecular formula is C18H23N3O4. The smallest absolute Gasteiger partial charge is 0.410 e. The quantitative estimate of drug-likeness (QED) is 0.925. The van der Waals surface area contributed by atoms with Crippen molar-refractivity contribution in [1.29, 1.82) is 0 Å². The first kappa shape index (κ1) is 17.1. The van der Waals surface area contributed by atoms with E-state index >= 15 is 0 Å². The molecule has 0 bridgehead atoms. The van der Waals surface area contributed by atoms with Crippen molar-refractivity contribution in [2.45, 2.75) is 32.4 Å². The standard InChI is InChI=1S/C18H23N3O4/c1-18(2,3)25-17(23)20-10-13(11-20)21-9-12(8-19-21)15-6-5-14(24-4)7-16(15)22/h5-9,13,22H,10-11H2,1-4H3. The molecule has 0 atom stereocenters. The summed E-state index contributed by atoms with van der Waals surface area (Å²) in [5.41, 5.74) is 1.01. The molecule has 1 aromatic carbocycles. The fourth-order valence-corrected chi connectivity index (χ4v) is 2.66. The number of phenolic OH excluding ortho intramolecular Hbond substituents is 1. The highest BCUT2D eigenvalue weighted by molar-refractivity contribution is 5.70. The molecular weight excluding hydrogens is 322 g/mol. The molecule has 1 fully saturated rings. The number of rotatable bonds is 3. The van der Waals surface area contributed by atoms with Gasteiger partial charge < -0.3 is 19.5 Å². The summed E-state index contributed by atoms with van der Waals surface area (Å²) in [5, 5.41) is 14.5. The lowest BCUT2D eigenvalue weighted by atomic mass is 10.1. The molecule has 7 nitrogen and oxygen atoms in total. The van der Waals surface area contributed by atoms with Crippen LogP contribution < -0.4 is 4.74 Å². The average Bonchev–Trinajstić information content (AvgIpc) is 2.92. The predicted molar refractivity (Wildman–Crippen MR) is 92.7 cm³/mol. The largest absolute Gasteiger partial charge is 0.507 e. The fourth-order valence-electron chi connectivity index (χ4n) is 2.66. The second kappa shape index (κ2) is 6.31. The Balaban J connectivity index is 1.65. The molecule has 0 spiro atoms. The van der Waals surface area contributed by atoms with Crippen LogP contribution in [0.15, 0.2) is 30.6 Å². The van der Waals surface area contributed by atoms with Gasteiger partial charge in [-0.25, -0.2) is 4.79 Å². The van der Waals surface area contributed by atoms with Gasteiger partial charge in [-0.3, -0.25) is 4.68 Å². The minimum Gasteiger partial charge on any atom is -0.507 e. The van der Waals surface area contributed by atoms with Gasteiger partial charge in [0.2, 0.25) is 0 Å². The average molecular weight is 345 g/mol. The number of hydrogen-bond donors (Lipinski definition) is 1. The second-order valence-electron chi connectivity index (χ2n) is 7.13. The summed E-state index contributed by atoms with van der Waals surface area (Å²) in [6, 6.07) is 5.27. The van der Waals surface area contributed by atoms with Gasteiger partial charge in [-0.2, -0.15) is 5.10 Å². The fraction of sp³-hybridized carbons (Fsp3) is 0.444. The van der Waals surface area contributed by atoms with E-state index < -0.39 is 5.60 Å². The third-order valence-corrected chi connectivity index (χ3v) is 4.01. The number of methoxy groups -OCH3 is 1. The van der Waals surface area contributed by atoms with Crippen LogP contribution >= 0.6 is 0 Å². The molecule has 0 unspecified atom stereocenters. The van der Waals surface area contributed by atoms with Crippen LogP contribution in [0.25, 0.3) is 11.1 Å². The van der Waals surface area contributed by atoms with Gasteiger partial charge in [0.1, 0.15) is 17.1 Å². The third-order valence-electron chi connectivity index (χ3n) is 4.01. The maximum atomic E-state index is 12.0. The van der Waals surface area contributed by atoms with E-state index in [0.717, 1.165) is 5.56 Å². The summed E-state index contributed by atoms with van der Waals surface area (Å²) in [6.45, 7) is 6.67. The van der Waals surface area contributed by atoms with Crippen LogP contribution in [0.4, 0.5) is 4.79 Å². The Morgan fingerprint density at radius 3 is 2.64 bits per heavy atom. The van der Waals surface area contributed by atoms with Crippen molar-refractivity contribution < 1.29 is 19.4 Å². The molecule has 0 radical (unpaired) electrons. The zero-order chi connectivity index (χ0) is 18.2. The SMILES string of the molecule is COc1ccc(-c2cnn(C3CN(C(=O)OC(C)(C)C)C3)c2)c(O)c1. The van der Waals surface area contributed by atoms with Gasteiger partial charge in [-0.1, -0.05) is 0 Å². The van der Waals surface area contributed by atoms with Crippen LogP contribution in [0.5, 0.6) is 11.5 Å². The summed E-state index contributed by atoms with van der Waals surface area (Å²) in [7, 11) is 1.56. The Morgan fingerprint density at radius 2 is 2.04 bits per heavy atom. The van der Waals surface area contributed by atoms with Crippen LogP contribution in [-0.2, 0) is 4.74 Å². The Hall–Kier alpha value is -2.70. The molecule has 134 valence electrons. The van der Waals surface area contributed by atoms with E-state index in [-0.39, 0.29) is 17.9 Å². The van der Waals surface area contributed by atoms with Crippen molar-refractivity contribution in [1.82, 2.24) is 14.7 Å². The van der Waals surface area contributed by atoms with Crippen LogP contribution in [0.3, 0.4) is 0 Å². The highest BCUT2D eigenvalue weighted by Crippen LogP contribution is 2.33. The minimum atomic E-state index is -0.493. The van der Waals surface area contributed by atoms with E-state index in [1.807, 2.05) is 31.6 Å². The number of carbonyl (C=O) groups excluding carboxylic acids is 1. The molecule has 1 N–H and O–H groups in total. The van der Waals surface area contributed by atoms with Gasteiger partial charge in [0, 0.05) is 36.5 Å². The van der Waals surface area contributed by atoms with Gasteiger partial charge in [0.25, 0.3) is 0 Å². The van der Waals surface area contributed by atoms with E-state index in [9.17, 15) is 9.90 Å². The molecule has 1 aliphatic rings. The zero-order valence-electron chi connectivity index (χ0n) is 14.9. The monoisotopic (exact) mass is 345 g/mol. The van der Waals surface area contributed by atoms with Gasteiger partial charge in [0.05, 0.1) is 19.3 Å². The van der Waals surface area contributed by atoms with E-state index in [1.54, 1.807) is 36.4 Å². The Labute approximate surface area is 146 Å². The number of ether oxygens (including phenoxy) is 2. The number of likely N-dealkylation sites (tertiary alicyclic amines) is 1. The number of amides is 1. The summed E-state index contributed by atoms with van der Waals surface area (Å²) in [4.78, 5) is 13.6. The van der Waals surface area contributed by atoms with Gasteiger partial charge in [-0.05, 0) is 32.9 Å². The first-order valence-corrected chi connectivity index (χ1v) is 8.16. The summed E-state index contributed by atoms with van der Waals surface area (Å²) in [5.74, 6) is 0.739. The Morgan fingerprint density at radius 1 is 1.32 bits per heavy atom. The number of benzene rings is 1. The first-order chi connectivity index (χ1) is 11.8. The van der Waals surface area contributed by atoms with Crippen molar-refractivity contribution in [2.75, 3.05) is 20.2 Å². The molecule has 0 aliphatic carbocycles. The highest BCUT2D eigenvalue weighted by atomic mass is 16.6. The third kappa shape index (κ3) is 3.70. The number of nitrogens with zero attached hydrogens (tertiary/aromatic N) is 3. The molecule has 0 saturated carbocycles. The number of aromatic hydroxyl groups is 1. The summed E-state index contributed by atoms with van der Waals surface area (Å²) >= 11 is 0.